The first kappa shape index (κ1) is 15.0. The lowest BCUT2D eigenvalue weighted by atomic mass is 10.1. The summed E-state index contributed by atoms with van der Waals surface area (Å²) < 4.78 is 0. The van der Waals surface area contributed by atoms with Crippen molar-refractivity contribution in [1.29, 1.82) is 0 Å². The van der Waals surface area contributed by atoms with E-state index in [4.69, 9.17) is 23.2 Å². The number of likely N-dealkylation sites (N-methyl/N-ethyl adjacent to an activating group) is 2. The van der Waals surface area contributed by atoms with E-state index in [2.05, 4.69) is 35.9 Å². The summed E-state index contributed by atoms with van der Waals surface area (Å²) in [6.07, 6.45) is 2.60. The molecule has 0 aliphatic carbocycles. The lowest BCUT2D eigenvalue weighted by molar-refractivity contribution is 0.270. The van der Waals surface area contributed by atoms with E-state index in [1.165, 1.54) is 19.4 Å². The van der Waals surface area contributed by atoms with Crippen LogP contribution in [0.4, 0.5) is 5.69 Å². The summed E-state index contributed by atoms with van der Waals surface area (Å²) in [5.74, 6) is 0.510. The zero-order valence-corrected chi connectivity index (χ0v) is 13.2. The molecule has 1 aromatic carbocycles. The topological polar surface area (TPSA) is 6.48 Å². The highest BCUT2D eigenvalue weighted by Crippen LogP contribution is 2.28. The van der Waals surface area contributed by atoms with Gasteiger partial charge < -0.3 is 4.90 Å². The van der Waals surface area contributed by atoms with Crippen LogP contribution >= 0.6 is 23.2 Å². The molecule has 0 saturated carbocycles. The molecule has 0 radical (unpaired) electrons. The molecule has 106 valence electrons. The molecule has 1 heterocycles. The summed E-state index contributed by atoms with van der Waals surface area (Å²) >= 11 is 12.2. The van der Waals surface area contributed by atoms with Crippen molar-refractivity contribution in [1.82, 2.24) is 4.90 Å². The lowest BCUT2D eigenvalue weighted by Gasteiger charge is -2.29. The van der Waals surface area contributed by atoms with Crippen molar-refractivity contribution >= 4 is 28.9 Å². The van der Waals surface area contributed by atoms with Crippen LogP contribution in [-0.2, 0) is 5.88 Å². The molecule has 4 heteroatoms. The Morgan fingerprint density at radius 1 is 1.42 bits per heavy atom. The smallest absolute Gasteiger partial charge is 0.0642 e. The van der Waals surface area contributed by atoms with E-state index in [0.29, 0.717) is 11.9 Å². The zero-order chi connectivity index (χ0) is 13.8. The maximum atomic E-state index is 6.34. The molecule has 0 aromatic heterocycles. The molecule has 19 heavy (non-hydrogen) atoms. The number of benzene rings is 1. The van der Waals surface area contributed by atoms with Crippen molar-refractivity contribution in [2.24, 2.45) is 0 Å². The molecule has 1 aromatic rings. The molecule has 1 aliphatic rings. The Balaban J connectivity index is 2.05. The number of likely N-dealkylation sites (tertiary alicyclic amines) is 1. The van der Waals surface area contributed by atoms with E-state index < -0.39 is 0 Å². The number of nitrogens with zero attached hydrogens (tertiary/aromatic N) is 2. The Morgan fingerprint density at radius 3 is 2.84 bits per heavy atom. The van der Waals surface area contributed by atoms with Crippen LogP contribution in [0.5, 0.6) is 0 Å². The highest BCUT2D eigenvalue weighted by molar-refractivity contribution is 6.33. The highest BCUT2D eigenvalue weighted by atomic mass is 35.5. The summed E-state index contributed by atoms with van der Waals surface area (Å²) in [6.45, 7) is 5.64. The zero-order valence-electron chi connectivity index (χ0n) is 11.7. The first-order valence-corrected chi connectivity index (χ1v) is 7.86. The Hall–Kier alpha value is -0.440. The number of anilines is 1. The first-order valence-electron chi connectivity index (χ1n) is 6.95. The number of halogens is 2. The summed E-state index contributed by atoms with van der Waals surface area (Å²) in [5, 5.41) is 0.793. The number of hydrogen-bond donors (Lipinski definition) is 0. The molecular weight excluding hydrogens is 279 g/mol. The molecule has 1 aliphatic heterocycles. The Morgan fingerprint density at radius 2 is 2.21 bits per heavy atom. The molecule has 1 fully saturated rings. The van der Waals surface area contributed by atoms with Crippen molar-refractivity contribution in [3.8, 4) is 0 Å². The Labute approximate surface area is 126 Å². The van der Waals surface area contributed by atoms with Gasteiger partial charge in [-0.1, -0.05) is 24.6 Å². The maximum absolute atomic E-state index is 6.34. The molecule has 1 atom stereocenters. The average molecular weight is 301 g/mol. The minimum atomic E-state index is 0.510. The Bertz CT molecular complexity index is 423. The molecular formula is C15H22Cl2N2. The van der Waals surface area contributed by atoms with E-state index in [1.807, 2.05) is 6.07 Å². The highest BCUT2D eigenvalue weighted by Gasteiger charge is 2.24. The van der Waals surface area contributed by atoms with Crippen LogP contribution < -0.4 is 4.90 Å². The molecule has 0 N–H and O–H groups in total. The molecule has 0 spiro atoms. The third-order valence-corrected chi connectivity index (χ3v) is 4.58. The van der Waals surface area contributed by atoms with Crippen LogP contribution in [0.1, 0.15) is 25.3 Å². The van der Waals surface area contributed by atoms with E-state index in [1.54, 1.807) is 0 Å². The second-order valence-corrected chi connectivity index (χ2v) is 5.90. The van der Waals surface area contributed by atoms with Gasteiger partial charge in [0.1, 0.15) is 0 Å². The van der Waals surface area contributed by atoms with Crippen molar-refractivity contribution in [3.63, 3.8) is 0 Å². The fourth-order valence-electron chi connectivity index (χ4n) is 2.88. The molecule has 0 amide bonds. The minimum absolute atomic E-state index is 0.510. The van der Waals surface area contributed by atoms with Gasteiger partial charge in [0.15, 0.2) is 0 Å². The fourth-order valence-corrected chi connectivity index (χ4v) is 3.39. The molecule has 2 rings (SSSR count). The summed E-state index contributed by atoms with van der Waals surface area (Å²) in [5.41, 5.74) is 2.17. The summed E-state index contributed by atoms with van der Waals surface area (Å²) in [7, 11) is 2.12. The SMILES string of the molecule is CCN1CCCC1CN(C)c1ccc(CCl)cc1Cl. The number of rotatable bonds is 5. The van der Waals surface area contributed by atoms with Gasteiger partial charge in [0.25, 0.3) is 0 Å². The normalized spacial score (nSPS) is 19.9. The molecule has 1 unspecified atom stereocenters. The fraction of sp³-hybridized carbons (Fsp3) is 0.600. The van der Waals surface area contributed by atoms with Crippen molar-refractivity contribution in [2.45, 2.75) is 31.7 Å². The van der Waals surface area contributed by atoms with Crippen LogP contribution in [-0.4, -0.2) is 37.6 Å². The van der Waals surface area contributed by atoms with Crippen LogP contribution in [0.2, 0.25) is 5.02 Å². The summed E-state index contributed by atoms with van der Waals surface area (Å²) in [6, 6.07) is 6.74. The minimum Gasteiger partial charge on any atom is -0.372 e. The van der Waals surface area contributed by atoms with Gasteiger partial charge in [-0.2, -0.15) is 0 Å². The van der Waals surface area contributed by atoms with E-state index in [-0.39, 0.29) is 0 Å². The van der Waals surface area contributed by atoms with Gasteiger partial charge in [-0.05, 0) is 43.6 Å². The first-order chi connectivity index (χ1) is 9.15. The molecule has 1 saturated heterocycles. The van der Waals surface area contributed by atoms with Gasteiger partial charge in [-0.25, -0.2) is 0 Å². The predicted octanol–water partition coefficient (Wildman–Crippen LogP) is 4.00. The van der Waals surface area contributed by atoms with Crippen LogP contribution in [0.3, 0.4) is 0 Å². The van der Waals surface area contributed by atoms with E-state index in [0.717, 1.165) is 29.4 Å². The number of alkyl halides is 1. The van der Waals surface area contributed by atoms with Gasteiger partial charge in [0.2, 0.25) is 0 Å². The van der Waals surface area contributed by atoms with Crippen LogP contribution in [0.25, 0.3) is 0 Å². The van der Waals surface area contributed by atoms with Crippen molar-refractivity contribution < 1.29 is 0 Å². The standard InChI is InChI=1S/C15H22Cl2N2/c1-3-19-8-4-5-13(19)11-18(2)15-7-6-12(10-16)9-14(15)17/h6-7,9,13H,3-5,8,10-11H2,1-2H3. The van der Waals surface area contributed by atoms with Gasteiger partial charge in [-0.3, -0.25) is 4.90 Å². The lowest BCUT2D eigenvalue weighted by Crippen LogP contribution is -2.38. The second kappa shape index (κ2) is 6.83. The third kappa shape index (κ3) is 3.56. The average Bonchev–Trinajstić information content (AvgIpc) is 2.85. The molecule has 2 nitrogen and oxygen atoms in total. The summed E-state index contributed by atoms with van der Waals surface area (Å²) in [4.78, 5) is 4.82. The monoisotopic (exact) mass is 300 g/mol. The van der Waals surface area contributed by atoms with Gasteiger partial charge in [-0.15, -0.1) is 11.6 Å². The van der Waals surface area contributed by atoms with Crippen molar-refractivity contribution in [2.75, 3.05) is 31.6 Å². The van der Waals surface area contributed by atoms with E-state index >= 15 is 0 Å². The molecule has 0 bridgehead atoms. The van der Waals surface area contributed by atoms with Crippen molar-refractivity contribution in [3.05, 3.63) is 28.8 Å². The Kier molecular flexibility index (Phi) is 5.37. The quantitative estimate of drug-likeness (QED) is 0.759. The van der Waals surface area contributed by atoms with Crippen LogP contribution in [0.15, 0.2) is 18.2 Å². The number of hydrogen-bond acceptors (Lipinski definition) is 2. The predicted molar refractivity (Wildman–Crippen MR) is 84.5 cm³/mol. The van der Waals surface area contributed by atoms with E-state index in [9.17, 15) is 0 Å². The van der Waals surface area contributed by atoms with Crippen LogP contribution in [0, 0.1) is 0 Å². The van der Waals surface area contributed by atoms with Gasteiger partial charge in [0.05, 0.1) is 10.7 Å². The maximum Gasteiger partial charge on any atom is 0.0642 e. The van der Waals surface area contributed by atoms with Gasteiger partial charge in [0, 0.05) is 25.5 Å². The second-order valence-electron chi connectivity index (χ2n) is 5.22. The third-order valence-electron chi connectivity index (χ3n) is 3.97. The largest absolute Gasteiger partial charge is 0.372 e. The van der Waals surface area contributed by atoms with Gasteiger partial charge >= 0.3 is 0 Å².